The Morgan fingerprint density at radius 3 is 1.97 bits per heavy atom. The molecule has 0 radical (unpaired) electrons. The van der Waals surface area contributed by atoms with Gasteiger partial charge >= 0.3 is 18.0 Å². The van der Waals surface area contributed by atoms with Crippen molar-refractivity contribution in [3.63, 3.8) is 0 Å². The lowest BCUT2D eigenvalue weighted by Crippen LogP contribution is -2.23. The van der Waals surface area contributed by atoms with Crippen LogP contribution in [0, 0.1) is 0 Å². The molecule has 3 aromatic carbocycles. The summed E-state index contributed by atoms with van der Waals surface area (Å²) >= 11 is 0. The van der Waals surface area contributed by atoms with Gasteiger partial charge in [0.05, 0.1) is 11.3 Å². The Morgan fingerprint density at radius 1 is 0.737 bits per heavy atom. The van der Waals surface area contributed by atoms with Gasteiger partial charge in [0.15, 0.2) is 18.1 Å². The number of benzene rings is 3. The molecular weight excluding hydrogens is 496 g/mol. The molecule has 0 unspecified atom stereocenters. The lowest BCUT2D eigenvalue weighted by Gasteiger charge is -2.15. The summed E-state index contributed by atoms with van der Waals surface area (Å²) in [6.45, 7) is 1.76. The molecule has 0 aliphatic carbocycles. The number of hydrogen-bond donors (Lipinski definition) is 4. The number of primary amides is 1. The molecule has 3 aromatic rings. The fourth-order valence-corrected chi connectivity index (χ4v) is 3.15. The van der Waals surface area contributed by atoms with E-state index in [1.807, 2.05) is 6.07 Å². The molecule has 12 nitrogen and oxygen atoms in total. The molecule has 0 saturated heterocycles. The molecule has 5 N–H and O–H groups in total. The second-order valence-electron chi connectivity index (χ2n) is 7.71. The minimum atomic E-state index is -0.934. The SMILES string of the molecule is CC(=O)Oc1cc(NC(=O)COc2cccc(NC(=O)Nc3ccccc3)c2)c(C(N)=O)cc1OC(C)=O. The van der Waals surface area contributed by atoms with Crippen LogP contribution in [0.2, 0.25) is 0 Å². The predicted molar refractivity (Wildman–Crippen MR) is 137 cm³/mol. The molecule has 0 aliphatic heterocycles. The number of para-hydroxylation sites is 1. The zero-order chi connectivity index (χ0) is 27.7. The zero-order valence-corrected chi connectivity index (χ0v) is 20.4. The van der Waals surface area contributed by atoms with Crippen LogP contribution in [0.15, 0.2) is 66.7 Å². The normalized spacial score (nSPS) is 10.1. The Kier molecular flexibility index (Phi) is 8.97. The predicted octanol–water partition coefficient (Wildman–Crippen LogP) is 3.30. The van der Waals surface area contributed by atoms with Crippen LogP contribution in [0.3, 0.4) is 0 Å². The number of ether oxygens (including phenoxy) is 3. The summed E-state index contributed by atoms with van der Waals surface area (Å²) in [5, 5.41) is 7.79. The van der Waals surface area contributed by atoms with Gasteiger partial charge in [-0.3, -0.25) is 19.2 Å². The van der Waals surface area contributed by atoms with Crippen molar-refractivity contribution in [3.05, 3.63) is 72.3 Å². The number of carbonyl (C=O) groups is 5. The van der Waals surface area contributed by atoms with Crippen LogP contribution in [0.5, 0.6) is 17.2 Å². The molecule has 0 bridgehead atoms. The molecule has 196 valence electrons. The van der Waals surface area contributed by atoms with Gasteiger partial charge in [-0.25, -0.2) is 4.79 Å². The quantitative estimate of drug-likeness (QED) is 0.245. The van der Waals surface area contributed by atoms with Crippen LogP contribution in [0.25, 0.3) is 0 Å². The minimum absolute atomic E-state index is 0.0914. The Morgan fingerprint density at radius 2 is 1.34 bits per heavy atom. The van der Waals surface area contributed by atoms with Gasteiger partial charge in [0, 0.05) is 37.4 Å². The zero-order valence-electron chi connectivity index (χ0n) is 20.4. The highest BCUT2D eigenvalue weighted by Gasteiger charge is 2.20. The van der Waals surface area contributed by atoms with E-state index in [-0.39, 0.29) is 28.5 Å². The first kappa shape index (κ1) is 27.2. The Balaban J connectivity index is 1.67. The maximum Gasteiger partial charge on any atom is 0.323 e. The first-order valence-corrected chi connectivity index (χ1v) is 11.1. The molecule has 0 heterocycles. The number of carbonyl (C=O) groups excluding carboxylic acids is 5. The molecule has 0 fully saturated rings. The van der Waals surface area contributed by atoms with Gasteiger partial charge in [0.2, 0.25) is 0 Å². The lowest BCUT2D eigenvalue weighted by molar-refractivity contribution is -0.134. The van der Waals surface area contributed by atoms with Crippen LogP contribution in [0.1, 0.15) is 24.2 Å². The second kappa shape index (κ2) is 12.5. The smallest absolute Gasteiger partial charge is 0.323 e. The number of nitrogens with one attached hydrogen (secondary N) is 3. The van der Waals surface area contributed by atoms with Gasteiger partial charge in [-0.2, -0.15) is 0 Å². The van der Waals surface area contributed by atoms with Crippen LogP contribution in [0.4, 0.5) is 21.9 Å². The van der Waals surface area contributed by atoms with E-state index in [1.54, 1.807) is 42.5 Å². The third kappa shape index (κ3) is 8.09. The average Bonchev–Trinajstić information content (AvgIpc) is 2.84. The number of amides is 4. The van der Waals surface area contributed by atoms with Crippen molar-refractivity contribution in [1.82, 2.24) is 0 Å². The van der Waals surface area contributed by atoms with E-state index in [2.05, 4.69) is 16.0 Å². The van der Waals surface area contributed by atoms with Gasteiger partial charge in [-0.15, -0.1) is 0 Å². The van der Waals surface area contributed by atoms with E-state index in [9.17, 15) is 24.0 Å². The van der Waals surface area contributed by atoms with Crippen molar-refractivity contribution in [2.75, 3.05) is 22.6 Å². The van der Waals surface area contributed by atoms with E-state index in [0.29, 0.717) is 11.4 Å². The standard InChI is InChI=1S/C26H24N4O8/c1-15(31)37-22-12-20(25(27)34)21(13-23(22)38-16(2)32)30-24(33)14-36-19-10-6-9-18(11-19)29-26(35)28-17-7-4-3-5-8-17/h3-13H,14H2,1-2H3,(H2,27,34)(H,30,33)(H2,28,29,35). The third-order valence-electron chi connectivity index (χ3n) is 4.62. The van der Waals surface area contributed by atoms with Gasteiger partial charge in [0.25, 0.3) is 11.8 Å². The van der Waals surface area contributed by atoms with Gasteiger partial charge in [-0.05, 0) is 30.3 Å². The summed E-state index contributed by atoms with van der Waals surface area (Å²) in [6, 6.07) is 17.0. The third-order valence-corrected chi connectivity index (χ3v) is 4.62. The molecule has 0 spiro atoms. The number of nitrogens with two attached hydrogens (primary N) is 1. The summed E-state index contributed by atoms with van der Waals surface area (Å²) in [5.74, 6) is -3.22. The summed E-state index contributed by atoms with van der Waals surface area (Å²) in [5.41, 5.74) is 6.15. The first-order valence-electron chi connectivity index (χ1n) is 11.1. The van der Waals surface area contributed by atoms with Crippen molar-refractivity contribution >= 4 is 46.8 Å². The van der Waals surface area contributed by atoms with E-state index in [4.69, 9.17) is 19.9 Å². The fraction of sp³-hybridized carbons (Fsp3) is 0.115. The van der Waals surface area contributed by atoms with Crippen molar-refractivity contribution in [3.8, 4) is 17.2 Å². The number of esters is 2. The van der Waals surface area contributed by atoms with E-state index in [0.717, 1.165) is 26.0 Å². The lowest BCUT2D eigenvalue weighted by atomic mass is 10.1. The largest absolute Gasteiger partial charge is 0.484 e. The number of rotatable bonds is 9. The van der Waals surface area contributed by atoms with Crippen molar-refractivity contribution in [2.24, 2.45) is 5.73 Å². The Hall–Kier alpha value is -5.39. The van der Waals surface area contributed by atoms with Crippen molar-refractivity contribution < 1.29 is 38.2 Å². The summed E-state index contributed by atoms with van der Waals surface area (Å²) in [7, 11) is 0. The molecule has 38 heavy (non-hydrogen) atoms. The number of anilines is 3. The monoisotopic (exact) mass is 520 g/mol. The number of urea groups is 1. The van der Waals surface area contributed by atoms with E-state index < -0.39 is 36.4 Å². The molecule has 0 saturated carbocycles. The van der Waals surface area contributed by atoms with Crippen LogP contribution in [-0.2, 0) is 14.4 Å². The van der Waals surface area contributed by atoms with Gasteiger partial charge in [-0.1, -0.05) is 24.3 Å². The second-order valence-corrected chi connectivity index (χ2v) is 7.71. The molecule has 0 aliphatic rings. The summed E-state index contributed by atoms with van der Waals surface area (Å²) in [6.07, 6.45) is 0. The van der Waals surface area contributed by atoms with Crippen LogP contribution < -0.4 is 35.9 Å². The fourth-order valence-electron chi connectivity index (χ4n) is 3.15. The highest BCUT2D eigenvalue weighted by molar-refractivity contribution is 6.04. The average molecular weight is 520 g/mol. The van der Waals surface area contributed by atoms with E-state index >= 15 is 0 Å². The molecule has 0 atom stereocenters. The van der Waals surface area contributed by atoms with Crippen molar-refractivity contribution in [1.29, 1.82) is 0 Å². The highest BCUT2D eigenvalue weighted by atomic mass is 16.6. The minimum Gasteiger partial charge on any atom is -0.484 e. The highest BCUT2D eigenvalue weighted by Crippen LogP contribution is 2.34. The summed E-state index contributed by atoms with van der Waals surface area (Å²) in [4.78, 5) is 59.6. The first-order chi connectivity index (χ1) is 18.1. The number of hydrogen-bond acceptors (Lipinski definition) is 8. The van der Waals surface area contributed by atoms with Crippen LogP contribution >= 0.6 is 0 Å². The van der Waals surface area contributed by atoms with Gasteiger partial charge in [0.1, 0.15) is 5.75 Å². The maximum atomic E-state index is 12.6. The van der Waals surface area contributed by atoms with Gasteiger partial charge < -0.3 is 35.9 Å². The Bertz CT molecular complexity index is 1370. The van der Waals surface area contributed by atoms with Crippen LogP contribution in [-0.4, -0.2) is 36.4 Å². The maximum absolute atomic E-state index is 12.6. The molecular formula is C26H24N4O8. The molecule has 12 heteroatoms. The van der Waals surface area contributed by atoms with Crippen molar-refractivity contribution in [2.45, 2.75) is 13.8 Å². The molecule has 4 amide bonds. The topological polar surface area (TPSA) is 175 Å². The Labute approximate surface area is 217 Å². The van der Waals surface area contributed by atoms with E-state index in [1.165, 1.54) is 6.07 Å². The summed E-state index contributed by atoms with van der Waals surface area (Å²) < 4.78 is 15.5. The molecule has 3 rings (SSSR count). The molecule has 0 aromatic heterocycles.